The highest BCUT2D eigenvalue weighted by molar-refractivity contribution is 8.22. The minimum atomic E-state index is -0.292. The van der Waals surface area contributed by atoms with Crippen LogP contribution < -0.4 is 4.74 Å². The highest BCUT2D eigenvalue weighted by Gasteiger charge is 2.23. The number of ether oxygens (including phenoxy) is 1. The molecule has 0 saturated heterocycles. The molecule has 0 aliphatic rings. The third-order valence-electron chi connectivity index (χ3n) is 2.56. The van der Waals surface area contributed by atoms with Gasteiger partial charge in [-0.25, -0.2) is 0 Å². The molecular formula is C14H16O2S2. The van der Waals surface area contributed by atoms with Crippen molar-refractivity contribution in [2.24, 2.45) is 5.92 Å². The maximum atomic E-state index is 12.4. The van der Waals surface area contributed by atoms with Gasteiger partial charge in [-0.15, -0.1) is 18.3 Å². The Morgan fingerprint density at radius 3 is 2.89 bits per heavy atom. The molecule has 0 N–H and O–H groups in total. The lowest BCUT2D eigenvalue weighted by Crippen LogP contribution is -2.20. The van der Waals surface area contributed by atoms with E-state index in [9.17, 15) is 4.79 Å². The SMILES string of the molecule is C=CCC(C(=O)c1cccc(OC)c1)C(=S)SC. The van der Waals surface area contributed by atoms with Gasteiger partial charge in [0.15, 0.2) is 5.78 Å². The number of carbonyl (C=O) groups is 1. The topological polar surface area (TPSA) is 26.3 Å². The van der Waals surface area contributed by atoms with Crippen LogP contribution >= 0.6 is 24.0 Å². The van der Waals surface area contributed by atoms with Crippen molar-refractivity contribution < 1.29 is 9.53 Å². The molecule has 1 rings (SSSR count). The quantitative estimate of drug-likeness (QED) is 0.450. The van der Waals surface area contributed by atoms with E-state index in [-0.39, 0.29) is 11.7 Å². The lowest BCUT2D eigenvalue weighted by Gasteiger charge is -2.14. The lowest BCUT2D eigenvalue weighted by atomic mass is 9.96. The fourth-order valence-electron chi connectivity index (χ4n) is 1.60. The molecule has 0 aliphatic heterocycles. The Morgan fingerprint density at radius 2 is 2.33 bits per heavy atom. The van der Waals surface area contributed by atoms with E-state index < -0.39 is 0 Å². The molecule has 0 fully saturated rings. The summed E-state index contributed by atoms with van der Waals surface area (Å²) in [6.07, 6.45) is 4.18. The number of carbonyl (C=O) groups excluding carboxylic acids is 1. The predicted octanol–water partition coefficient (Wildman–Crippen LogP) is 3.76. The smallest absolute Gasteiger partial charge is 0.172 e. The molecule has 0 amide bonds. The number of rotatable bonds is 6. The first-order valence-electron chi connectivity index (χ1n) is 5.51. The van der Waals surface area contributed by atoms with Crippen molar-refractivity contribution >= 4 is 34.0 Å². The maximum Gasteiger partial charge on any atom is 0.172 e. The molecule has 1 unspecified atom stereocenters. The molecule has 2 nitrogen and oxygen atoms in total. The van der Waals surface area contributed by atoms with E-state index in [1.165, 1.54) is 11.8 Å². The second-order valence-corrected chi connectivity index (χ2v) is 5.24. The van der Waals surface area contributed by atoms with Crippen molar-refractivity contribution in [3.8, 4) is 5.75 Å². The van der Waals surface area contributed by atoms with Crippen LogP contribution in [0.5, 0.6) is 5.75 Å². The van der Waals surface area contributed by atoms with Crippen molar-refractivity contribution in [1.29, 1.82) is 0 Å². The minimum Gasteiger partial charge on any atom is -0.497 e. The summed E-state index contributed by atoms with van der Waals surface area (Å²) in [6.45, 7) is 3.68. The first-order chi connectivity index (χ1) is 8.63. The highest BCUT2D eigenvalue weighted by atomic mass is 32.2. The van der Waals surface area contributed by atoms with Crippen molar-refractivity contribution in [1.82, 2.24) is 0 Å². The number of hydrogen-bond donors (Lipinski definition) is 0. The van der Waals surface area contributed by atoms with Crippen LogP contribution in [0.4, 0.5) is 0 Å². The second-order valence-electron chi connectivity index (χ2n) is 3.70. The van der Waals surface area contributed by atoms with Gasteiger partial charge in [0.05, 0.1) is 17.2 Å². The summed E-state index contributed by atoms with van der Waals surface area (Å²) in [5.41, 5.74) is 0.623. The van der Waals surface area contributed by atoms with E-state index in [0.717, 1.165) is 0 Å². The molecule has 0 spiro atoms. The first kappa shape index (κ1) is 14.9. The summed E-state index contributed by atoms with van der Waals surface area (Å²) in [7, 11) is 1.58. The average molecular weight is 280 g/mol. The normalized spacial score (nSPS) is 11.7. The van der Waals surface area contributed by atoms with Crippen LogP contribution in [0.3, 0.4) is 0 Å². The first-order valence-corrected chi connectivity index (χ1v) is 7.14. The van der Waals surface area contributed by atoms with Gasteiger partial charge in [-0.05, 0) is 24.8 Å². The zero-order valence-electron chi connectivity index (χ0n) is 10.5. The van der Waals surface area contributed by atoms with Crippen LogP contribution in [0.25, 0.3) is 0 Å². The van der Waals surface area contributed by atoms with Crippen molar-refractivity contribution in [2.45, 2.75) is 6.42 Å². The van der Waals surface area contributed by atoms with Gasteiger partial charge in [0.2, 0.25) is 0 Å². The van der Waals surface area contributed by atoms with E-state index in [2.05, 4.69) is 6.58 Å². The Kier molecular flexibility index (Phi) is 6.09. The van der Waals surface area contributed by atoms with Crippen LogP contribution in [0.2, 0.25) is 0 Å². The molecule has 0 saturated carbocycles. The van der Waals surface area contributed by atoms with Gasteiger partial charge in [-0.2, -0.15) is 0 Å². The zero-order chi connectivity index (χ0) is 13.5. The number of Topliss-reactive ketones (excluding diaryl/α,β-unsaturated/α-hetero) is 1. The minimum absolute atomic E-state index is 0.0214. The molecule has 18 heavy (non-hydrogen) atoms. The predicted molar refractivity (Wildman–Crippen MR) is 81.7 cm³/mol. The molecule has 1 atom stereocenters. The standard InChI is InChI=1S/C14H16O2S2/c1-4-6-12(14(17)18-3)13(15)10-7-5-8-11(9-10)16-2/h4-5,7-9,12H,1,6H2,2-3H3. The molecule has 1 aromatic carbocycles. The van der Waals surface area contributed by atoms with Gasteiger partial charge in [0, 0.05) is 5.56 Å². The number of ketones is 1. The van der Waals surface area contributed by atoms with Crippen LogP contribution in [-0.2, 0) is 0 Å². The van der Waals surface area contributed by atoms with Crippen molar-refractivity contribution in [3.63, 3.8) is 0 Å². The number of allylic oxidation sites excluding steroid dienone is 1. The number of hydrogen-bond acceptors (Lipinski definition) is 4. The fourth-order valence-corrected chi connectivity index (χ4v) is 2.29. The summed E-state index contributed by atoms with van der Waals surface area (Å²) in [5, 5.41) is 0. The third kappa shape index (κ3) is 3.68. The Labute approximate surface area is 117 Å². The van der Waals surface area contributed by atoms with Gasteiger partial charge in [-0.1, -0.05) is 30.4 Å². The number of thiocarbonyl (C=S) groups is 1. The van der Waals surface area contributed by atoms with Gasteiger partial charge >= 0.3 is 0 Å². The van der Waals surface area contributed by atoms with E-state index in [1.807, 2.05) is 12.3 Å². The molecule has 0 aliphatic carbocycles. The van der Waals surface area contributed by atoms with Gasteiger partial charge < -0.3 is 4.74 Å². The van der Waals surface area contributed by atoms with Crippen molar-refractivity contribution in [2.75, 3.05) is 13.4 Å². The Hall–Kier alpha value is -1.13. The molecule has 4 heteroatoms. The van der Waals surface area contributed by atoms with E-state index in [4.69, 9.17) is 17.0 Å². The van der Waals surface area contributed by atoms with Crippen LogP contribution in [0.1, 0.15) is 16.8 Å². The fraction of sp³-hybridized carbons (Fsp3) is 0.286. The van der Waals surface area contributed by atoms with E-state index >= 15 is 0 Å². The summed E-state index contributed by atoms with van der Waals surface area (Å²) in [4.78, 5) is 12.4. The van der Waals surface area contributed by atoms with Gasteiger partial charge in [-0.3, -0.25) is 4.79 Å². The molecule has 0 heterocycles. The van der Waals surface area contributed by atoms with Crippen molar-refractivity contribution in [3.05, 3.63) is 42.5 Å². The number of thioether (sulfide) groups is 1. The Morgan fingerprint density at radius 1 is 1.61 bits per heavy atom. The molecule has 96 valence electrons. The Balaban J connectivity index is 3.01. The Bertz CT molecular complexity index is 455. The van der Waals surface area contributed by atoms with E-state index in [1.54, 1.807) is 31.4 Å². The van der Waals surface area contributed by atoms with Crippen LogP contribution in [0.15, 0.2) is 36.9 Å². The summed E-state index contributed by atoms with van der Waals surface area (Å²) in [6, 6.07) is 7.14. The summed E-state index contributed by atoms with van der Waals surface area (Å²) in [5.74, 6) is 0.404. The molecule has 0 radical (unpaired) electrons. The third-order valence-corrected chi connectivity index (χ3v) is 4.03. The largest absolute Gasteiger partial charge is 0.497 e. The summed E-state index contributed by atoms with van der Waals surface area (Å²) < 4.78 is 5.82. The number of methoxy groups -OCH3 is 1. The van der Waals surface area contributed by atoms with E-state index in [0.29, 0.717) is 21.9 Å². The monoisotopic (exact) mass is 280 g/mol. The highest BCUT2D eigenvalue weighted by Crippen LogP contribution is 2.22. The molecule has 0 aromatic heterocycles. The average Bonchev–Trinajstić information content (AvgIpc) is 2.43. The molecular weight excluding hydrogens is 264 g/mol. The lowest BCUT2D eigenvalue weighted by molar-refractivity contribution is 0.0957. The summed E-state index contributed by atoms with van der Waals surface area (Å²) >= 11 is 6.68. The number of benzene rings is 1. The molecule has 1 aromatic rings. The maximum absolute atomic E-state index is 12.4. The van der Waals surface area contributed by atoms with Crippen LogP contribution in [0, 0.1) is 5.92 Å². The zero-order valence-corrected chi connectivity index (χ0v) is 12.1. The second kappa shape index (κ2) is 7.34. The molecule has 0 bridgehead atoms. The van der Waals surface area contributed by atoms with Gasteiger partial charge in [0.25, 0.3) is 0 Å². The van der Waals surface area contributed by atoms with Gasteiger partial charge in [0.1, 0.15) is 5.75 Å². The van der Waals surface area contributed by atoms with Crippen LogP contribution in [-0.4, -0.2) is 23.3 Å².